The van der Waals surface area contributed by atoms with Crippen LogP contribution in [0.1, 0.15) is 35.6 Å². The molecule has 0 aromatic heterocycles. The molecule has 1 aliphatic rings. The number of hydrogen-bond donors (Lipinski definition) is 2. The van der Waals surface area contributed by atoms with E-state index >= 15 is 0 Å². The number of amides is 1. The highest BCUT2D eigenvalue weighted by Gasteiger charge is 2.53. The zero-order valence-corrected chi connectivity index (χ0v) is 24.1. The minimum Gasteiger partial charge on any atom is -0.494 e. The molecule has 206 valence electrons. The van der Waals surface area contributed by atoms with Crippen molar-refractivity contribution < 1.29 is 19.4 Å². The van der Waals surface area contributed by atoms with E-state index in [1.165, 1.54) is 0 Å². The van der Waals surface area contributed by atoms with Crippen molar-refractivity contribution in [1.82, 2.24) is 10.2 Å². The topological polar surface area (TPSA) is 83.4 Å². The molecule has 2 N–H and O–H groups in total. The van der Waals surface area contributed by atoms with Gasteiger partial charge >= 0.3 is 0 Å². The second-order valence-electron chi connectivity index (χ2n) is 9.92. The fourth-order valence-corrected chi connectivity index (χ4v) is 4.84. The van der Waals surface area contributed by atoms with Gasteiger partial charge in [0.25, 0.3) is 5.91 Å². The fraction of sp³-hybridized carbons (Fsp3) is 0.355. The normalized spacial score (nSPS) is 18.5. The average molecular weight is 595 g/mol. The molecule has 3 aromatic carbocycles. The predicted octanol–water partition coefficient (Wildman–Crippen LogP) is 4.78. The van der Waals surface area contributed by atoms with Gasteiger partial charge in [-0.1, -0.05) is 58.4 Å². The second kappa shape index (κ2) is 13.7. The molecule has 0 spiro atoms. The molecule has 39 heavy (non-hydrogen) atoms. The van der Waals surface area contributed by atoms with Crippen molar-refractivity contribution in [3.63, 3.8) is 0 Å². The molecule has 0 aliphatic carbocycles. The molecule has 4 rings (SSSR count). The SMILES string of the molecule is CN(C)CCCNC(=O)[C@]1(Cc2ccc(Br)cc2)N=C(c2ccc(OCCCO)cc2)O[C@@H]1c1ccccc1. The van der Waals surface area contributed by atoms with E-state index in [1.807, 2.05) is 93.0 Å². The maximum Gasteiger partial charge on any atom is 0.252 e. The van der Waals surface area contributed by atoms with Crippen molar-refractivity contribution in [2.75, 3.05) is 40.4 Å². The number of hydrogen-bond acceptors (Lipinski definition) is 6. The summed E-state index contributed by atoms with van der Waals surface area (Å²) < 4.78 is 13.2. The molecular formula is C31H36BrN3O4. The highest BCUT2D eigenvalue weighted by atomic mass is 79.9. The van der Waals surface area contributed by atoms with Gasteiger partial charge in [0.05, 0.1) is 6.61 Å². The molecule has 0 radical (unpaired) electrons. The minimum atomic E-state index is -1.20. The van der Waals surface area contributed by atoms with Crippen LogP contribution < -0.4 is 10.1 Å². The summed E-state index contributed by atoms with van der Waals surface area (Å²) in [7, 11) is 4.04. The van der Waals surface area contributed by atoms with E-state index in [2.05, 4.69) is 26.1 Å². The van der Waals surface area contributed by atoms with Gasteiger partial charge in [-0.25, -0.2) is 4.99 Å². The number of nitrogens with zero attached hydrogens (tertiary/aromatic N) is 2. The zero-order chi connectivity index (χ0) is 27.7. The molecule has 2 atom stereocenters. The van der Waals surface area contributed by atoms with Gasteiger partial charge < -0.3 is 24.8 Å². The molecule has 0 unspecified atom stereocenters. The van der Waals surface area contributed by atoms with E-state index in [0.717, 1.165) is 34.1 Å². The van der Waals surface area contributed by atoms with Crippen LogP contribution in [-0.4, -0.2) is 67.7 Å². The highest BCUT2D eigenvalue weighted by Crippen LogP contribution is 2.42. The van der Waals surface area contributed by atoms with Crippen LogP contribution in [0.5, 0.6) is 5.75 Å². The molecule has 1 amide bonds. The first kappa shape index (κ1) is 28.8. The number of aliphatic imine (C=N–C) groups is 1. The Hall–Kier alpha value is -3.20. The summed E-state index contributed by atoms with van der Waals surface area (Å²) in [6, 6.07) is 25.3. The van der Waals surface area contributed by atoms with E-state index in [1.54, 1.807) is 0 Å². The number of rotatable bonds is 13. The van der Waals surface area contributed by atoms with Crippen LogP contribution in [0.25, 0.3) is 0 Å². The van der Waals surface area contributed by atoms with Crippen LogP contribution in [-0.2, 0) is 16.0 Å². The van der Waals surface area contributed by atoms with Crippen LogP contribution in [0, 0.1) is 0 Å². The second-order valence-corrected chi connectivity index (χ2v) is 10.8. The predicted molar refractivity (Wildman–Crippen MR) is 157 cm³/mol. The first-order valence-corrected chi connectivity index (χ1v) is 14.0. The molecular weight excluding hydrogens is 558 g/mol. The third-order valence-electron chi connectivity index (χ3n) is 6.59. The Kier molecular flexibility index (Phi) is 10.1. The van der Waals surface area contributed by atoms with Gasteiger partial charge in [-0.15, -0.1) is 0 Å². The lowest BCUT2D eigenvalue weighted by Gasteiger charge is -2.31. The van der Waals surface area contributed by atoms with Gasteiger partial charge in [-0.3, -0.25) is 4.79 Å². The third kappa shape index (κ3) is 7.47. The number of benzene rings is 3. The van der Waals surface area contributed by atoms with Crippen LogP contribution in [0.3, 0.4) is 0 Å². The molecule has 0 bridgehead atoms. The van der Waals surface area contributed by atoms with Crippen molar-refractivity contribution >= 4 is 27.7 Å². The van der Waals surface area contributed by atoms with Crippen molar-refractivity contribution in [3.05, 3.63) is 100 Å². The average Bonchev–Trinajstić information content (AvgIpc) is 3.33. The number of halogens is 1. The summed E-state index contributed by atoms with van der Waals surface area (Å²) in [4.78, 5) is 21.3. The number of nitrogens with one attached hydrogen (secondary N) is 1. The summed E-state index contributed by atoms with van der Waals surface area (Å²) >= 11 is 3.51. The van der Waals surface area contributed by atoms with E-state index in [4.69, 9.17) is 19.6 Å². The molecule has 3 aromatic rings. The summed E-state index contributed by atoms with van der Waals surface area (Å²) in [5.41, 5.74) is 1.45. The Balaban J connectivity index is 1.71. The van der Waals surface area contributed by atoms with Gasteiger partial charge in [-0.2, -0.15) is 0 Å². The Morgan fingerprint density at radius 2 is 1.77 bits per heavy atom. The molecule has 0 saturated carbocycles. The Morgan fingerprint density at radius 1 is 1.05 bits per heavy atom. The van der Waals surface area contributed by atoms with E-state index < -0.39 is 11.6 Å². The number of carbonyl (C=O) groups excluding carboxylic acids is 1. The first-order valence-electron chi connectivity index (χ1n) is 13.2. The fourth-order valence-electron chi connectivity index (χ4n) is 4.57. The smallest absolute Gasteiger partial charge is 0.252 e. The summed E-state index contributed by atoms with van der Waals surface area (Å²) in [6.45, 7) is 1.94. The number of aliphatic hydroxyl groups excluding tert-OH is 1. The first-order chi connectivity index (χ1) is 18.9. The maximum absolute atomic E-state index is 14.1. The number of aliphatic hydroxyl groups is 1. The van der Waals surface area contributed by atoms with Crippen molar-refractivity contribution in [3.8, 4) is 5.75 Å². The van der Waals surface area contributed by atoms with E-state index in [-0.39, 0.29) is 12.5 Å². The molecule has 1 heterocycles. The zero-order valence-electron chi connectivity index (χ0n) is 22.5. The van der Waals surface area contributed by atoms with E-state index in [0.29, 0.717) is 37.6 Å². The van der Waals surface area contributed by atoms with Crippen molar-refractivity contribution in [1.29, 1.82) is 0 Å². The van der Waals surface area contributed by atoms with Gasteiger partial charge in [0, 0.05) is 36.0 Å². The monoisotopic (exact) mass is 593 g/mol. The molecule has 7 nitrogen and oxygen atoms in total. The summed E-state index contributed by atoms with van der Waals surface area (Å²) in [6.07, 6.45) is 1.17. The van der Waals surface area contributed by atoms with Gasteiger partial charge in [0.1, 0.15) is 5.75 Å². The third-order valence-corrected chi connectivity index (χ3v) is 7.12. The highest BCUT2D eigenvalue weighted by molar-refractivity contribution is 9.10. The van der Waals surface area contributed by atoms with Crippen LogP contribution in [0.2, 0.25) is 0 Å². The lowest BCUT2D eigenvalue weighted by Crippen LogP contribution is -2.50. The van der Waals surface area contributed by atoms with Crippen LogP contribution in [0.4, 0.5) is 0 Å². The molecule has 8 heteroatoms. The maximum atomic E-state index is 14.1. The van der Waals surface area contributed by atoms with E-state index in [9.17, 15) is 4.79 Å². The largest absolute Gasteiger partial charge is 0.494 e. The summed E-state index contributed by atoms with van der Waals surface area (Å²) in [5.74, 6) is 0.966. The lowest BCUT2D eigenvalue weighted by molar-refractivity contribution is -0.128. The molecule has 0 fully saturated rings. The molecule has 1 aliphatic heterocycles. The lowest BCUT2D eigenvalue weighted by atomic mass is 9.82. The van der Waals surface area contributed by atoms with Crippen molar-refractivity contribution in [2.24, 2.45) is 4.99 Å². The van der Waals surface area contributed by atoms with Crippen LogP contribution >= 0.6 is 15.9 Å². The minimum absolute atomic E-state index is 0.0846. The standard InChI is InChI=1S/C31H36BrN3O4/c1-35(2)19-6-18-33-30(37)31(22-23-10-14-26(32)15-11-23)28(24-8-4-3-5-9-24)39-29(34-31)25-12-16-27(17-13-25)38-21-7-20-36/h3-5,8-17,28,36H,6-7,18-22H2,1-2H3,(H,33,37)/t28-,31-/m1/s1. The van der Waals surface area contributed by atoms with Crippen LogP contribution in [0.15, 0.2) is 88.3 Å². The quantitative estimate of drug-likeness (QED) is 0.279. The summed E-state index contributed by atoms with van der Waals surface area (Å²) in [5, 5.41) is 12.2. The Morgan fingerprint density at radius 3 is 2.44 bits per heavy atom. The number of ether oxygens (including phenoxy) is 2. The Labute approximate surface area is 239 Å². The van der Waals surface area contributed by atoms with Gasteiger partial charge in [-0.05, 0) is 74.6 Å². The van der Waals surface area contributed by atoms with Gasteiger partial charge in [0.2, 0.25) is 5.90 Å². The number of carbonyl (C=O) groups is 1. The van der Waals surface area contributed by atoms with Crippen molar-refractivity contribution in [2.45, 2.75) is 30.9 Å². The molecule has 0 saturated heterocycles. The Bertz CT molecular complexity index is 1230. The van der Waals surface area contributed by atoms with Gasteiger partial charge in [0.15, 0.2) is 11.6 Å².